The first-order valence-corrected chi connectivity index (χ1v) is 8.92. The number of nitrogens with zero attached hydrogens (tertiary/aromatic N) is 1. The van der Waals surface area contributed by atoms with Gasteiger partial charge in [0.25, 0.3) is 0 Å². The van der Waals surface area contributed by atoms with E-state index in [1.54, 1.807) is 0 Å². The summed E-state index contributed by atoms with van der Waals surface area (Å²) in [6, 6.07) is 15.5. The molecule has 5 heteroatoms. The number of nitrogens with one attached hydrogen (secondary N) is 1. The zero-order valence-corrected chi connectivity index (χ0v) is 13.4. The van der Waals surface area contributed by atoms with Gasteiger partial charge in [-0.3, -0.25) is 4.31 Å². The van der Waals surface area contributed by atoms with Crippen LogP contribution in [0, 0.1) is 6.92 Å². The van der Waals surface area contributed by atoms with Gasteiger partial charge in [0.2, 0.25) is 0 Å². The number of rotatable bonds is 4. The lowest BCUT2D eigenvalue weighted by Gasteiger charge is -2.30. The van der Waals surface area contributed by atoms with Crippen LogP contribution in [0.1, 0.15) is 23.1 Å². The molecule has 4 nitrogen and oxygen atoms in total. The van der Waals surface area contributed by atoms with Gasteiger partial charge in [-0.15, -0.1) is 0 Å². The molecule has 0 aromatic heterocycles. The number of hydrogen-bond acceptors (Lipinski definition) is 2. The highest BCUT2D eigenvalue weighted by Gasteiger charge is 2.26. The number of aryl methyl sites for hydroxylation is 2. The first kappa shape index (κ1) is 15.1. The summed E-state index contributed by atoms with van der Waals surface area (Å²) in [7, 11) is -3.53. The third kappa shape index (κ3) is 3.00. The van der Waals surface area contributed by atoms with Gasteiger partial charge in [-0.2, -0.15) is 13.1 Å². The lowest BCUT2D eigenvalue weighted by atomic mass is 10.0. The summed E-state index contributed by atoms with van der Waals surface area (Å²) in [4.78, 5) is 0. The summed E-state index contributed by atoms with van der Waals surface area (Å²) in [6.07, 6.45) is 1.78. The number of hydrogen-bond donors (Lipinski definition) is 1. The van der Waals surface area contributed by atoms with E-state index in [-0.39, 0.29) is 0 Å². The Bertz CT molecular complexity index is 772. The SMILES string of the molecule is Cc1ccccc1CNS(=O)(=O)N1CCCc2ccccc21. The number of benzene rings is 2. The molecule has 0 fully saturated rings. The Kier molecular flexibility index (Phi) is 4.18. The lowest BCUT2D eigenvalue weighted by molar-refractivity contribution is 0.571. The van der Waals surface area contributed by atoms with Gasteiger partial charge in [0.1, 0.15) is 0 Å². The summed E-state index contributed by atoms with van der Waals surface area (Å²) in [5.41, 5.74) is 3.97. The first-order chi connectivity index (χ1) is 10.6. The van der Waals surface area contributed by atoms with Crippen LogP contribution >= 0.6 is 0 Å². The van der Waals surface area contributed by atoms with Crippen LogP contribution in [-0.2, 0) is 23.2 Å². The van der Waals surface area contributed by atoms with Crippen LogP contribution in [0.2, 0.25) is 0 Å². The summed E-state index contributed by atoms with van der Waals surface area (Å²) in [5.74, 6) is 0. The molecule has 2 aromatic carbocycles. The Hall–Kier alpha value is -1.85. The van der Waals surface area contributed by atoms with Gasteiger partial charge < -0.3 is 0 Å². The molecule has 0 saturated carbocycles. The van der Waals surface area contributed by atoms with E-state index in [0.29, 0.717) is 13.1 Å². The molecule has 1 N–H and O–H groups in total. The van der Waals surface area contributed by atoms with Crippen LogP contribution < -0.4 is 9.03 Å². The third-order valence-corrected chi connectivity index (χ3v) is 5.53. The molecular formula is C17H20N2O2S. The second-order valence-electron chi connectivity index (χ2n) is 5.56. The minimum absolute atomic E-state index is 0.313. The second kappa shape index (κ2) is 6.10. The van der Waals surface area contributed by atoms with Crippen molar-refractivity contribution < 1.29 is 8.42 Å². The molecule has 22 heavy (non-hydrogen) atoms. The normalized spacial score (nSPS) is 14.7. The minimum atomic E-state index is -3.53. The van der Waals surface area contributed by atoms with Gasteiger partial charge in [-0.1, -0.05) is 42.5 Å². The van der Waals surface area contributed by atoms with Crippen molar-refractivity contribution in [1.82, 2.24) is 4.72 Å². The molecule has 1 aliphatic heterocycles. The highest BCUT2D eigenvalue weighted by molar-refractivity contribution is 7.90. The first-order valence-electron chi connectivity index (χ1n) is 7.48. The van der Waals surface area contributed by atoms with E-state index in [1.165, 1.54) is 4.31 Å². The van der Waals surface area contributed by atoms with Gasteiger partial charge in [0.05, 0.1) is 5.69 Å². The van der Waals surface area contributed by atoms with Gasteiger partial charge in [-0.25, -0.2) is 0 Å². The van der Waals surface area contributed by atoms with E-state index in [1.807, 2.05) is 55.5 Å². The average Bonchev–Trinajstić information content (AvgIpc) is 2.53. The van der Waals surface area contributed by atoms with Crippen molar-refractivity contribution in [2.75, 3.05) is 10.8 Å². The zero-order valence-electron chi connectivity index (χ0n) is 12.6. The molecule has 0 radical (unpaired) electrons. The third-order valence-electron chi connectivity index (χ3n) is 4.06. The number of fused-ring (bicyclic) bond motifs is 1. The maximum Gasteiger partial charge on any atom is 0.301 e. The maximum absolute atomic E-state index is 12.6. The highest BCUT2D eigenvalue weighted by Crippen LogP contribution is 2.28. The molecule has 0 bridgehead atoms. The van der Waals surface area contributed by atoms with Gasteiger partial charge in [0, 0.05) is 13.1 Å². The van der Waals surface area contributed by atoms with E-state index >= 15 is 0 Å². The standard InChI is InChI=1S/C17H20N2O2S/c1-14-7-2-3-9-16(14)13-18-22(20,21)19-12-6-10-15-8-4-5-11-17(15)19/h2-5,7-9,11,18H,6,10,12-13H2,1H3. The molecule has 0 atom stereocenters. The number of anilines is 1. The molecule has 3 rings (SSSR count). The fourth-order valence-corrected chi connectivity index (χ4v) is 4.10. The van der Waals surface area contributed by atoms with Crippen LogP contribution in [0.25, 0.3) is 0 Å². The molecule has 0 saturated heterocycles. The van der Waals surface area contributed by atoms with E-state index in [2.05, 4.69) is 4.72 Å². The van der Waals surface area contributed by atoms with Crippen LogP contribution in [0.3, 0.4) is 0 Å². The Morgan fingerprint density at radius 2 is 1.82 bits per heavy atom. The van der Waals surface area contributed by atoms with E-state index < -0.39 is 10.2 Å². The molecule has 2 aromatic rings. The molecule has 1 aliphatic rings. The Labute approximate surface area is 132 Å². The minimum Gasteiger partial charge on any atom is -0.258 e. The van der Waals surface area contributed by atoms with E-state index in [0.717, 1.165) is 35.2 Å². The van der Waals surface area contributed by atoms with Crippen LogP contribution in [-0.4, -0.2) is 15.0 Å². The smallest absolute Gasteiger partial charge is 0.258 e. The van der Waals surface area contributed by atoms with Crippen LogP contribution in [0.4, 0.5) is 5.69 Å². The predicted molar refractivity (Wildman–Crippen MR) is 89.0 cm³/mol. The van der Waals surface area contributed by atoms with Crippen molar-refractivity contribution in [3.05, 3.63) is 65.2 Å². The van der Waals surface area contributed by atoms with Crippen LogP contribution in [0.15, 0.2) is 48.5 Å². The van der Waals surface area contributed by atoms with Crippen molar-refractivity contribution in [3.63, 3.8) is 0 Å². The lowest BCUT2D eigenvalue weighted by Crippen LogP contribution is -2.43. The second-order valence-corrected chi connectivity index (χ2v) is 7.24. The van der Waals surface area contributed by atoms with Crippen molar-refractivity contribution in [2.24, 2.45) is 0 Å². The predicted octanol–water partition coefficient (Wildman–Crippen LogP) is 2.78. The fourth-order valence-electron chi connectivity index (χ4n) is 2.80. The molecule has 1 heterocycles. The molecule has 116 valence electrons. The molecule has 0 spiro atoms. The van der Waals surface area contributed by atoms with Crippen LogP contribution in [0.5, 0.6) is 0 Å². The molecular weight excluding hydrogens is 296 g/mol. The van der Waals surface area contributed by atoms with Crippen molar-refractivity contribution in [2.45, 2.75) is 26.3 Å². The Morgan fingerprint density at radius 3 is 2.64 bits per heavy atom. The van der Waals surface area contributed by atoms with E-state index in [4.69, 9.17) is 0 Å². The Balaban J connectivity index is 1.81. The molecule has 0 amide bonds. The highest BCUT2D eigenvalue weighted by atomic mass is 32.2. The largest absolute Gasteiger partial charge is 0.301 e. The Morgan fingerprint density at radius 1 is 1.09 bits per heavy atom. The van der Waals surface area contributed by atoms with Gasteiger partial charge in [-0.05, 0) is 42.5 Å². The fraction of sp³-hybridized carbons (Fsp3) is 0.294. The quantitative estimate of drug-likeness (QED) is 0.943. The molecule has 0 aliphatic carbocycles. The van der Waals surface area contributed by atoms with Gasteiger partial charge >= 0.3 is 10.2 Å². The monoisotopic (exact) mass is 316 g/mol. The van der Waals surface area contributed by atoms with E-state index in [9.17, 15) is 8.42 Å². The van der Waals surface area contributed by atoms with Crippen molar-refractivity contribution in [1.29, 1.82) is 0 Å². The van der Waals surface area contributed by atoms with Crippen molar-refractivity contribution in [3.8, 4) is 0 Å². The molecule has 0 unspecified atom stereocenters. The average molecular weight is 316 g/mol. The van der Waals surface area contributed by atoms with Gasteiger partial charge in [0.15, 0.2) is 0 Å². The maximum atomic E-state index is 12.6. The summed E-state index contributed by atoms with van der Waals surface area (Å²) in [6.45, 7) is 2.83. The summed E-state index contributed by atoms with van der Waals surface area (Å²) < 4.78 is 29.5. The summed E-state index contributed by atoms with van der Waals surface area (Å²) >= 11 is 0. The summed E-state index contributed by atoms with van der Waals surface area (Å²) in [5, 5.41) is 0. The topological polar surface area (TPSA) is 49.4 Å². The zero-order chi connectivity index (χ0) is 15.6. The number of para-hydroxylation sites is 1. The van der Waals surface area contributed by atoms with Crippen molar-refractivity contribution >= 4 is 15.9 Å².